The summed E-state index contributed by atoms with van der Waals surface area (Å²) in [7, 11) is 3.38. The van der Waals surface area contributed by atoms with E-state index < -0.39 is 6.04 Å². The Hall–Kier alpha value is -1.30. The predicted octanol–water partition coefficient (Wildman–Crippen LogP) is 0.531. The number of nitrogens with zero attached hydrogens (tertiary/aromatic N) is 2. The summed E-state index contributed by atoms with van der Waals surface area (Å²) < 4.78 is 4.74. The third kappa shape index (κ3) is 5.06. The molecular formula is C13H25N3O3. The highest BCUT2D eigenvalue weighted by Gasteiger charge is 2.26. The molecule has 0 aromatic rings. The number of carbonyl (C=O) groups excluding carboxylic acids is 2. The molecule has 1 heterocycles. The summed E-state index contributed by atoms with van der Waals surface area (Å²) >= 11 is 0. The predicted molar refractivity (Wildman–Crippen MR) is 72.9 cm³/mol. The van der Waals surface area contributed by atoms with Gasteiger partial charge in [0, 0.05) is 26.2 Å². The molecule has 0 spiro atoms. The number of rotatable bonds is 4. The van der Waals surface area contributed by atoms with E-state index in [2.05, 4.69) is 10.2 Å². The Morgan fingerprint density at radius 2 is 1.79 bits per heavy atom. The van der Waals surface area contributed by atoms with Crippen molar-refractivity contribution in [2.24, 2.45) is 5.92 Å². The monoisotopic (exact) mass is 271 g/mol. The molecule has 1 fully saturated rings. The molecule has 1 saturated heterocycles. The van der Waals surface area contributed by atoms with Crippen LogP contribution in [0.1, 0.15) is 20.3 Å². The maximum Gasteiger partial charge on any atom is 0.328 e. The first-order valence-electron chi connectivity index (χ1n) is 6.75. The standard InChI is InChI=1S/C13H25N3O3/c1-10(2)9-11(12(17)19-4)14-13(18)16-7-5-15(3)6-8-16/h10-11H,5-9H2,1-4H3,(H,14,18). The van der Waals surface area contributed by atoms with Gasteiger partial charge in [-0.2, -0.15) is 0 Å². The number of nitrogens with one attached hydrogen (secondary N) is 1. The highest BCUT2D eigenvalue weighted by Crippen LogP contribution is 2.08. The largest absolute Gasteiger partial charge is 0.467 e. The van der Waals surface area contributed by atoms with Crippen molar-refractivity contribution in [3.63, 3.8) is 0 Å². The first kappa shape index (κ1) is 15.8. The molecule has 1 aliphatic rings. The summed E-state index contributed by atoms with van der Waals surface area (Å²) in [5.41, 5.74) is 0. The lowest BCUT2D eigenvalue weighted by Gasteiger charge is -2.33. The summed E-state index contributed by atoms with van der Waals surface area (Å²) in [5.74, 6) is -0.0620. The van der Waals surface area contributed by atoms with Crippen LogP contribution >= 0.6 is 0 Å². The highest BCUT2D eigenvalue weighted by atomic mass is 16.5. The van der Waals surface area contributed by atoms with Gasteiger partial charge >= 0.3 is 12.0 Å². The van der Waals surface area contributed by atoms with Crippen molar-refractivity contribution in [2.45, 2.75) is 26.3 Å². The number of methoxy groups -OCH3 is 1. The topological polar surface area (TPSA) is 61.9 Å². The SMILES string of the molecule is COC(=O)C(CC(C)C)NC(=O)N1CCN(C)CC1. The van der Waals surface area contributed by atoms with Crippen molar-refractivity contribution >= 4 is 12.0 Å². The summed E-state index contributed by atoms with van der Waals surface area (Å²) in [4.78, 5) is 27.7. The third-order valence-corrected chi connectivity index (χ3v) is 3.28. The molecule has 19 heavy (non-hydrogen) atoms. The van der Waals surface area contributed by atoms with Gasteiger partial charge in [0.1, 0.15) is 6.04 Å². The van der Waals surface area contributed by atoms with E-state index in [1.807, 2.05) is 20.9 Å². The molecule has 1 unspecified atom stereocenters. The fraction of sp³-hybridized carbons (Fsp3) is 0.846. The minimum atomic E-state index is -0.558. The third-order valence-electron chi connectivity index (χ3n) is 3.28. The maximum atomic E-state index is 12.1. The van der Waals surface area contributed by atoms with Gasteiger partial charge < -0.3 is 19.9 Å². The van der Waals surface area contributed by atoms with Gasteiger partial charge in [-0.25, -0.2) is 9.59 Å². The Morgan fingerprint density at radius 3 is 2.26 bits per heavy atom. The number of piperazine rings is 1. The van der Waals surface area contributed by atoms with E-state index in [9.17, 15) is 9.59 Å². The van der Waals surface area contributed by atoms with Crippen LogP contribution in [0.3, 0.4) is 0 Å². The van der Waals surface area contributed by atoms with E-state index in [-0.39, 0.29) is 12.0 Å². The second kappa shape index (κ2) is 7.33. The lowest BCUT2D eigenvalue weighted by Crippen LogP contribution is -2.54. The second-order valence-electron chi connectivity index (χ2n) is 5.45. The normalized spacial score (nSPS) is 18.3. The summed E-state index contributed by atoms with van der Waals surface area (Å²) in [6, 6.07) is -0.735. The van der Waals surface area contributed by atoms with E-state index in [1.54, 1.807) is 4.90 Å². The number of urea groups is 1. The summed E-state index contributed by atoms with van der Waals surface area (Å²) in [6.07, 6.45) is 0.589. The van der Waals surface area contributed by atoms with Crippen LogP contribution in [0, 0.1) is 5.92 Å². The van der Waals surface area contributed by atoms with Gasteiger partial charge in [-0.3, -0.25) is 0 Å². The van der Waals surface area contributed by atoms with Crippen molar-refractivity contribution in [3.8, 4) is 0 Å². The van der Waals surface area contributed by atoms with E-state index in [4.69, 9.17) is 4.74 Å². The fourth-order valence-corrected chi connectivity index (χ4v) is 2.08. The van der Waals surface area contributed by atoms with Crippen LogP contribution in [0.15, 0.2) is 0 Å². The van der Waals surface area contributed by atoms with Gasteiger partial charge in [-0.15, -0.1) is 0 Å². The number of carbonyl (C=O) groups is 2. The number of hydrogen-bond acceptors (Lipinski definition) is 4. The van der Waals surface area contributed by atoms with Gasteiger partial charge in [0.15, 0.2) is 0 Å². The zero-order valence-corrected chi connectivity index (χ0v) is 12.3. The van der Waals surface area contributed by atoms with Gasteiger partial charge in [-0.05, 0) is 19.4 Å². The van der Waals surface area contributed by atoms with Crippen LogP contribution in [-0.4, -0.2) is 68.2 Å². The molecule has 0 aromatic heterocycles. The molecule has 0 radical (unpaired) electrons. The minimum Gasteiger partial charge on any atom is -0.467 e. The molecule has 1 rings (SSSR count). The average molecular weight is 271 g/mol. The summed E-state index contributed by atoms with van der Waals surface area (Å²) in [5, 5.41) is 2.78. The van der Waals surface area contributed by atoms with Crippen LogP contribution in [-0.2, 0) is 9.53 Å². The molecule has 2 amide bonds. The summed E-state index contributed by atoms with van der Waals surface area (Å²) in [6.45, 7) is 7.13. The van der Waals surface area contributed by atoms with Crippen molar-refractivity contribution in [3.05, 3.63) is 0 Å². The fourth-order valence-electron chi connectivity index (χ4n) is 2.08. The van der Waals surface area contributed by atoms with Gasteiger partial charge in [0.2, 0.25) is 0 Å². The van der Waals surface area contributed by atoms with E-state index in [0.29, 0.717) is 25.4 Å². The zero-order chi connectivity index (χ0) is 14.4. The number of likely N-dealkylation sites (N-methyl/N-ethyl adjacent to an activating group) is 1. The van der Waals surface area contributed by atoms with Gasteiger partial charge in [0.05, 0.1) is 7.11 Å². The van der Waals surface area contributed by atoms with E-state index in [1.165, 1.54) is 7.11 Å². The second-order valence-corrected chi connectivity index (χ2v) is 5.45. The van der Waals surface area contributed by atoms with Gasteiger partial charge in [-0.1, -0.05) is 13.8 Å². The minimum absolute atomic E-state index is 0.177. The Kier molecular flexibility index (Phi) is 6.08. The number of ether oxygens (including phenoxy) is 1. The quantitative estimate of drug-likeness (QED) is 0.758. The molecule has 0 aliphatic carbocycles. The molecule has 1 aliphatic heterocycles. The van der Waals surface area contributed by atoms with Crippen LogP contribution in [0.4, 0.5) is 4.79 Å². The molecule has 1 N–H and O–H groups in total. The van der Waals surface area contributed by atoms with E-state index >= 15 is 0 Å². The average Bonchev–Trinajstić information content (AvgIpc) is 2.37. The number of amides is 2. The smallest absolute Gasteiger partial charge is 0.328 e. The molecule has 0 aromatic carbocycles. The first-order chi connectivity index (χ1) is 8.93. The van der Waals surface area contributed by atoms with Crippen LogP contribution in [0.25, 0.3) is 0 Å². The molecule has 0 bridgehead atoms. The Labute approximate surface area is 115 Å². The van der Waals surface area contributed by atoms with Gasteiger partial charge in [0.25, 0.3) is 0 Å². The van der Waals surface area contributed by atoms with Crippen LogP contribution < -0.4 is 5.32 Å². The molecule has 110 valence electrons. The first-order valence-corrected chi connectivity index (χ1v) is 6.75. The van der Waals surface area contributed by atoms with E-state index in [0.717, 1.165) is 13.1 Å². The Balaban J connectivity index is 2.53. The zero-order valence-electron chi connectivity index (χ0n) is 12.3. The molecule has 6 nitrogen and oxygen atoms in total. The van der Waals surface area contributed by atoms with Crippen molar-refractivity contribution < 1.29 is 14.3 Å². The molecule has 0 saturated carbocycles. The number of esters is 1. The number of hydrogen-bond donors (Lipinski definition) is 1. The molecule has 6 heteroatoms. The van der Waals surface area contributed by atoms with Crippen molar-refractivity contribution in [1.29, 1.82) is 0 Å². The lowest BCUT2D eigenvalue weighted by molar-refractivity contribution is -0.143. The molecular weight excluding hydrogens is 246 g/mol. The highest BCUT2D eigenvalue weighted by molar-refractivity contribution is 5.83. The Bertz CT molecular complexity index is 312. The van der Waals surface area contributed by atoms with Crippen LogP contribution in [0.2, 0.25) is 0 Å². The molecule has 1 atom stereocenters. The Morgan fingerprint density at radius 1 is 1.21 bits per heavy atom. The lowest BCUT2D eigenvalue weighted by atomic mass is 10.0. The maximum absolute atomic E-state index is 12.1. The van der Waals surface area contributed by atoms with Crippen LogP contribution in [0.5, 0.6) is 0 Å². The van der Waals surface area contributed by atoms with Crippen molar-refractivity contribution in [2.75, 3.05) is 40.3 Å². The van der Waals surface area contributed by atoms with Crippen molar-refractivity contribution in [1.82, 2.24) is 15.1 Å².